The topological polar surface area (TPSA) is 83.6 Å². The van der Waals surface area contributed by atoms with Crippen molar-refractivity contribution in [2.75, 3.05) is 6.61 Å². The van der Waals surface area contributed by atoms with E-state index in [9.17, 15) is 15.2 Å². The molecular weight excluding hydrogens is 234 g/mol. The molecule has 5 nitrogen and oxygen atoms in total. The first-order valence-corrected chi connectivity index (χ1v) is 4.78. The van der Waals surface area contributed by atoms with Crippen molar-refractivity contribution in [3.05, 3.63) is 38.4 Å². The van der Waals surface area contributed by atoms with Crippen LogP contribution in [0.5, 0.6) is 5.75 Å². The lowest BCUT2D eigenvalue weighted by atomic mass is 10.1. The van der Waals surface area contributed by atoms with Crippen LogP contribution in [-0.2, 0) is 0 Å². The van der Waals surface area contributed by atoms with E-state index in [-0.39, 0.29) is 17.2 Å². The summed E-state index contributed by atoms with van der Waals surface area (Å²) < 4.78 is 0. The van der Waals surface area contributed by atoms with Gasteiger partial charge in [-0.1, -0.05) is 11.6 Å². The molecule has 0 aliphatic rings. The second kappa shape index (κ2) is 4.96. The summed E-state index contributed by atoms with van der Waals surface area (Å²) in [5.41, 5.74) is 0.321. The van der Waals surface area contributed by atoms with Crippen LogP contribution in [0.25, 0.3) is 6.08 Å². The molecule has 0 amide bonds. The first-order valence-electron chi connectivity index (χ1n) is 4.40. The van der Waals surface area contributed by atoms with Crippen LogP contribution in [0, 0.1) is 10.1 Å². The van der Waals surface area contributed by atoms with E-state index in [1.165, 1.54) is 12.1 Å². The molecule has 0 atom stereocenters. The normalized spacial score (nSPS) is 11.6. The number of aromatic hydroxyl groups is 1. The van der Waals surface area contributed by atoms with Gasteiger partial charge in [0.2, 0.25) is 5.75 Å². The Balaban J connectivity index is 3.35. The van der Waals surface area contributed by atoms with E-state index in [0.717, 1.165) is 6.07 Å². The highest BCUT2D eigenvalue weighted by molar-refractivity contribution is 6.31. The molecule has 1 aromatic rings. The number of aliphatic hydroxyl groups is 1. The fourth-order valence-corrected chi connectivity index (χ4v) is 1.39. The number of phenolic OH excluding ortho intramolecular Hbond substituents is 1. The summed E-state index contributed by atoms with van der Waals surface area (Å²) in [6.07, 6.45) is 1.44. The molecule has 86 valence electrons. The van der Waals surface area contributed by atoms with Crippen LogP contribution >= 0.6 is 11.6 Å². The lowest BCUT2D eigenvalue weighted by Crippen LogP contribution is -1.91. The molecule has 1 aromatic carbocycles. The molecule has 2 N–H and O–H groups in total. The van der Waals surface area contributed by atoms with Gasteiger partial charge in [-0.05, 0) is 24.6 Å². The molecule has 0 fully saturated rings. The predicted molar refractivity (Wildman–Crippen MR) is 60.5 cm³/mol. The quantitative estimate of drug-likeness (QED) is 0.630. The molecular formula is C10H10ClNO4. The Bertz CT molecular complexity index is 456. The van der Waals surface area contributed by atoms with Crippen molar-refractivity contribution in [2.24, 2.45) is 0 Å². The summed E-state index contributed by atoms with van der Waals surface area (Å²) in [4.78, 5) is 9.88. The van der Waals surface area contributed by atoms with Crippen molar-refractivity contribution in [1.29, 1.82) is 0 Å². The van der Waals surface area contributed by atoms with Crippen LogP contribution in [0.4, 0.5) is 5.69 Å². The van der Waals surface area contributed by atoms with Crippen molar-refractivity contribution < 1.29 is 15.1 Å². The highest BCUT2D eigenvalue weighted by atomic mass is 35.5. The third kappa shape index (κ3) is 2.71. The van der Waals surface area contributed by atoms with Crippen LogP contribution in [0.2, 0.25) is 5.02 Å². The number of aliphatic hydroxyl groups excluding tert-OH is 1. The second-order valence-electron chi connectivity index (χ2n) is 3.27. The number of nitrogens with zero attached hydrogens (tertiary/aromatic N) is 1. The Morgan fingerprint density at radius 1 is 1.62 bits per heavy atom. The van der Waals surface area contributed by atoms with Gasteiger partial charge in [-0.2, -0.15) is 0 Å². The van der Waals surface area contributed by atoms with E-state index in [4.69, 9.17) is 16.7 Å². The summed E-state index contributed by atoms with van der Waals surface area (Å²) in [5.74, 6) is -0.456. The Hall–Kier alpha value is -1.59. The van der Waals surface area contributed by atoms with Crippen molar-refractivity contribution in [3.8, 4) is 5.75 Å². The van der Waals surface area contributed by atoms with E-state index >= 15 is 0 Å². The Morgan fingerprint density at radius 2 is 2.25 bits per heavy atom. The largest absolute Gasteiger partial charge is 0.502 e. The molecule has 0 aromatic heterocycles. The zero-order chi connectivity index (χ0) is 12.3. The van der Waals surface area contributed by atoms with Gasteiger partial charge in [-0.25, -0.2) is 0 Å². The summed E-state index contributed by atoms with van der Waals surface area (Å²) in [7, 11) is 0. The minimum absolute atomic E-state index is 0.154. The zero-order valence-corrected chi connectivity index (χ0v) is 9.23. The first-order chi connectivity index (χ1) is 7.45. The average molecular weight is 244 g/mol. The number of nitro benzene ring substituents is 1. The minimum atomic E-state index is -0.715. The second-order valence-corrected chi connectivity index (χ2v) is 3.71. The number of hydrogen-bond acceptors (Lipinski definition) is 4. The van der Waals surface area contributed by atoms with Gasteiger partial charge in [0.1, 0.15) is 0 Å². The molecule has 0 aliphatic heterocycles. The maximum Gasteiger partial charge on any atom is 0.312 e. The van der Waals surface area contributed by atoms with Crippen molar-refractivity contribution in [3.63, 3.8) is 0 Å². The summed E-state index contributed by atoms with van der Waals surface area (Å²) >= 11 is 5.69. The van der Waals surface area contributed by atoms with E-state index in [0.29, 0.717) is 5.57 Å². The number of hydrogen-bond donors (Lipinski definition) is 2. The minimum Gasteiger partial charge on any atom is -0.502 e. The van der Waals surface area contributed by atoms with Crippen molar-refractivity contribution in [1.82, 2.24) is 0 Å². The molecule has 0 heterocycles. The van der Waals surface area contributed by atoms with Gasteiger partial charge < -0.3 is 10.2 Å². The number of halogens is 1. The smallest absolute Gasteiger partial charge is 0.312 e. The summed E-state index contributed by atoms with van der Waals surface area (Å²) in [6, 6.07) is 2.46. The van der Waals surface area contributed by atoms with Gasteiger partial charge in [-0.3, -0.25) is 10.1 Å². The Morgan fingerprint density at radius 3 is 2.75 bits per heavy atom. The van der Waals surface area contributed by atoms with E-state index in [1.807, 2.05) is 0 Å². The summed E-state index contributed by atoms with van der Waals surface area (Å²) in [6.45, 7) is 1.44. The molecule has 16 heavy (non-hydrogen) atoms. The molecule has 0 bridgehead atoms. The molecule has 0 unspecified atom stereocenters. The van der Waals surface area contributed by atoms with Crippen LogP contribution in [0.1, 0.15) is 12.5 Å². The van der Waals surface area contributed by atoms with Gasteiger partial charge in [0, 0.05) is 16.7 Å². The van der Waals surface area contributed by atoms with Gasteiger partial charge in [0.05, 0.1) is 11.5 Å². The van der Waals surface area contributed by atoms with Gasteiger partial charge in [-0.15, -0.1) is 0 Å². The van der Waals surface area contributed by atoms with Crippen molar-refractivity contribution in [2.45, 2.75) is 6.92 Å². The van der Waals surface area contributed by atoms with Crippen LogP contribution in [-0.4, -0.2) is 21.7 Å². The van der Waals surface area contributed by atoms with E-state index in [1.54, 1.807) is 6.92 Å². The lowest BCUT2D eigenvalue weighted by Gasteiger charge is -2.03. The summed E-state index contributed by atoms with van der Waals surface area (Å²) in [5, 5.41) is 29.2. The zero-order valence-electron chi connectivity index (χ0n) is 8.48. The fourth-order valence-electron chi connectivity index (χ4n) is 1.17. The lowest BCUT2D eigenvalue weighted by molar-refractivity contribution is -0.385. The third-order valence-corrected chi connectivity index (χ3v) is 2.15. The highest BCUT2D eigenvalue weighted by Crippen LogP contribution is 2.34. The van der Waals surface area contributed by atoms with Crippen LogP contribution in [0.15, 0.2) is 17.7 Å². The molecule has 6 heteroatoms. The Labute approximate surface area is 96.7 Å². The molecule has 0 aliphatic carbocycles. The van der Waals surface area contributed by atoms with Gasteiger partial charge >= 0.3 is 5.69 Å². The SMILES string of the molecule is C/C(=C\c1cc(Cl)cc([N+](=O)[O-])c1O)CO. The number of benzene rings is 1. The van der Waals surface area contributed by atoms with Gasteiger partial charge in [0.25, 0.3) is 0 Å². The van der Waals surface area contributed by atoms with E-state index in [2.05, 4.69) is 0 Å². The van der Waals surface area contributed by atoms with Crippen LogP contribution < -0.4 is 0 Å². The highest BCUT2D eigenvalue weighted by Gasteiger charge is 2.17. The molecule has 1 rings (SSSR count). The van der Waals surface area contributed by atoms with Crippen molar-refractivity contribution >= 4 is 23.4 Å². The number of rotatable bonds is 3. The molecule has 0 radical (unpaired) electrons. The maximum atomic E-state index is 10.6. The standard InChI is InChI=1S/C10H10ClNO4/c1-6(5-13)2-7-3-8(11)4-9(10(7)14)12(15)16/h2-4,13-14H,5H2,1H3/b6-2+. The number of nitro groups is 1. The van der Waals surface area contributed by atoms with E-state index < -0.39 is 16.4 Å². The predicted octanol–water partition coefficient (Wildman–Crippen LogP) is 2.35. The third-order valence-electron chi connectivity index (χ3n) is 1.93. The number of phenols is 1. The monoisotopic (exact) mass is 243 g/mol. The molecule has 0 saturated heterocycles. The average Bonchev–Trinajstić information content (AvgIpc) is 2.22. The Kier molecular flexibility index (Phi) is 3.87. The van der Waals surface area contributed by atoms with Gasteiger partial charge in [0.15, 0.2) is 0 Å². The fraction of sp³-hybridized carbons (Fsp3) is 0.200. The maximum absolute atomic E-state index is 10.6. The van der Waals surface area contributed by atoms with Crippen LogP contribution in [0.3, 0.4) is 0 Å². The first kappa shape index (κ1) is 12.5. The molecule has 0 saturated carbocycles. The molecule has 0 spiro atoms.